The smallest absolute Gasteiger partial charge is 0.202 e. The molecule has 0 saturated heterocycles. The summed E-state index contributed by atoms with van der Waals surface area (Å²) in [7, 11) is 3.93. The lowest BCUT2D eigenvalue weighted by molar-refractivity contribution is -0.917. The van der Waals surface area contributed by atoms with Crippen molar-refractivity contribution in [3.63, 3.8) is 0 Å². The van der Waals surface area contributed by atoms with Crippen molar-refractivity contribution in [1.29, 1.82) is 0 Å². The first-order chi connectivity index (χ1) is 11.9. The van der Waals surface area contributed by atoms with Crippen LogP contribution in [0.2, 0.25) is 5.02 Å². The molecule has 0 fully saturated rings. The molecule has 0 aliphatic carbocycles. The molecule has 0 aliphatic rings. The third-order valence-corrected chi connectivity index (χ3v) is 4.69. The van der Waals surface area contributed by atoms with E-state index in [2.05, 4.69) is 5.10 Å². The molecule has 0 amide bonds. The fraction of sp³-hybridized carbons (Fsp3) is 0.222. The van der Waals surface area contributed by atoms with Crippen molar-refractivity contribution in [2.75, 3.05) is 7.05 Å². The van der Waals surface area contributed by atoms with Crippen molar-refractivity contribution >= 4 is 23.8 Å². The summed E-state index contributed by atoms with van der Waals surface area (Å²) < 4.78 is 17.6. The molecule has 0 saturated carbocycles. The number of hydrogen-bond donors (Lipinski definition) is 1. The second kappa shape index (κ2) is 7.47. The van der Waals surface area contributed by atoms with Gasteiger partial charge in [-0.3, -0.25) is 0 Å². The average Bonchev–Trinajstić information content (AvgIpc) is 2.84. The van der Waals surface area contributed by atoms with Crippen LogP contribution in [0.25, 0.3) is 11.4 Å². The minimum atomic E-state index is -0.218. The van der Waals surface area contributed by atoms with Crippen LogP contribution in [-0.4, -0.2) is 21.4 Å². The van der Waals surface area contributed by atoms with Crippen LogP contribution in [0, 0.1) is 10.6 Å². The number of hydrogen-bond acceptors (Lipinski definition) is 2. The third-order valence-electron chi connectivity index (χ3n) is 3.96. The second-order valence-corrected chi connectivity index (χ2v) is 6.90. The molecule has 3 aromatic rings. The van der Waals surface area contributed by atoms with Gasteiger partial charge >= 0.3 is 0 Å². The Hall–Kier alpha value is -2.02. The van der Waals surface area contributed by atoms with E-state index in [0.29, 0.717) is 23.0 Å². The van der Waals surface area contributed by atoms with E-state index in [1.54, 1.807) is 16.8 Å². The summed E-state index contributed by atoms with van der Waals surface area (Å²) in [6, 6.07) is 14.2. The Morgan fingerprint density at radius 2 is 1.92 bits per heavy atom. The Balaban J connectivity index is 1.80. The van der Waals surface area contributed by atoms with Gasteiger partial charge in [-0.25, -0.2) is 4.39 Å². The zero-order valence-electron chi connectivity index (χ0n) is 14.0. The van der Waals surface area contributed by atoms with Crippen LogP contribution in [-0.2, 0) is 20.3 Å². The number of rotatable bonds is 5. The van der Waals surface area contributed by atoms with Crippen molar-refractivity contribution in [3.8, 4) is 11.4 Å². The molecule has 1 unspecified atom stereocenters. The monoisotopic (exact) mass is 377 g/mol. The van der Waals surface area contributed by atoms with Gasteiger partial charge in [-0.2, -0.15) is 4.68 Å². The molecule has 4 nitrogen and oxygen atoms in total. The Morgan fingerprint density at radius 3 is 2.60 bits per heavy atom. The number of benzene rings is 2. The van der Waals surface area contributed by atoms with Gasteiger partial charge in [0.15, 0.2) is 12.5 Å². The van der Waals surface area contributed by atoms with Crippen LogP contribution < -0.4 is 4.90 Å². The topological polar surface area (TPSA) is 27.2 Å². The summed E-state index contributed by atoms with van der Waals surface area (Å²) in [4.78, 5) is 1.16. The van der Waals surface area contributed by atoms with E-state index in [1.807, 2.05) is 49.0 Å². The molecule has 0 aliphatic heterocycles. The first-order valence-corrected chi connectivity index (χ1v) is 8.68. The van der Waals surface area contributed by atoms with Crippen molar-refractivity contribution < 1.29 is 9.29 Å². The predicted octanol–water partition coefficient (Wildman–Crippen LogP) is 3.08. The summed E-state index contributed by atoms with van der Waals surface area (Å²) >= 11 is 11.5. The molecule has 0 bridgehead atoms. The van der Waals surface area contributed by atoms with Gasteiger partial charge in [0, 0.05) is 23.2 Å². The van der Waals surface area contributed by atoms with E-state index in [4.69, 9.17) is 23.8 Å². The van der Waals surface area contributed by atoms with Crippen LogP contribution in [0.1, 0.15) is 5.56 Å². The first-order valence-electron chi connectivity index (χ1n) is 7.89. The Morgan fingerprint density at radius 1 is 1.20 bits per heavy atom. The standard InChI is InChI=1S/C18H18ClFN4S/c1-22(11-13-4-3-5-16(20)10-13)12-24-18(25)23(2)17(21-24)14-6-8-15(19)9-7-14/h3-10H,11-12H2,1-2H3/p+1. The number of aromatic nitrogens is 3. The summed E-state index contributed by atoms with van der Waals surface area (Å²) in [5.41, 5.74) is 1.90. The van der Waals surface area contributed by atoms with E-state index >= 15 is 0 Å². The van der Waals surface area contributed by atoms with Crippen LogP contribution >= 0.6 is 23.8 Å². The maximum atomic E-state index is 13.3. The number of nitrogens with zero attached hydrogens (tertiary/aromatic N) is 3. The summed E-state index contributed by atoms with van der Waals surface area (Å²) in [6.45, 7) is 1.28. The van der Waals surface area contributed by atoms with E-state index in [9.17, 15) is 4.39 Å². The van der Waals surface area contributed by atoms with Gasteiger partial charge in [0.05, 0.1) is 7.05 Å². The molecule has 25 heavy (non-hydrogen) atoms. The normalized spacial score (nSPS) is 12.3. The van der Waals surface area contributed by atoms with Gasteiger partial charge < -0.3 is 9.47 Å². The van der Waals surface area contributed by atoms with Gasteiger partial charge in [-0.05, 0) is 48.6 Å². The molecule has 0 spiro atoms. The lowest BCUT2D eigenvalue weighted by Gasteiger charge is -2.13. The van der Waals surface area contributed by atoms with Gasteiger partial charge in [0.1, 0.15) is 12.4 Å². The van der Waals surface area contributed by atoms with E-state index in [-0.39, 0.29) is 5.82 Å². The summed E-state index contributed by atoms with van der Waals surface area (Å²) in [6.07, 6.45) is 0. The number of halogens is 2. The lowest BCUT2D eigenvalue weighted by atomic mass is 10.2. The highest BCUT2D eigenvalue weighted by molar-refractivity contribution is 7.71. The molecule has 1 atom stereocenters. The largest absolute Gasteiger partial charge is 0.315 e. The fourth-order valence-corrected chi connectivity index (χ4v) is 3.07. The lowest BCUT2D eigenvalue weighted by Crippen LogP contribution is -3.07. The van der Waals surface area contributed by atoms with E-state index in [0.717, 1.165) is 21.9 Å². The quantitative estimate of drug-likeness (QED) is 0.692. The van der Waals surface area contributed by atoms with E-state index in [1.165, 1.54) is 6.07 Å². The molecule has 3 rings (SSSR count). The molecular weight excluding hydrogens is 359 g/mol. The molecule has 2 aromatic carbocycles. The molecular formula is C18H19ClFN4S+. The molecule has 1 aromatic heterocycles. The van der Waals surface area contributed by atoms with Gasteiger partial charge in [-0.1, -0.05) is 23.7 Å². The Labute approximate surface area is 156 Å². The van der Waals surface area contributed by atoms with Crippen LogP contribution in [0.3, 0.4) is 0 Å². The SMILES string of the molecule is Cn1c(-c2ccc(Cl)cc2)nn(C[NH+](C)Cc2cccc(F)c2)c1=S. The van der Waals surface area contributed by atoms with Crippen LogP contribution in [0.15, 0.2) is 48.5 Å². The highest BCUT2D eigenvalue weighted by Gasteiger charge is 2.13. The molecule has 130 valence electrons. The average molecular weight is 378 g/mol. The van der Waals surface area contributed by atoms with Crippen LogP contribution in [0.4, 0.5) is 4.39 Å². The highest BCUT2D eigenvalue weighted by Crippen LogP contribution is 2.19. The Bertz CT molecular complexity index is 933. The second-order valence-electron chi connectivity index (χ2n) is 6.09. The highest BCUT2D eigenvalue weighted by atomic mass is 35.5. The molecule has 1 heterocycles. The van der Waals surface area contributed by atoms with Gasteiger partial charge in [0.25, 0.3) is 0 Å². The zero-order chi connectivity index (χ0) is 18.0. The predicted molar refractivity (Wildman–Crippen MR) is 99.5 cm³/mol. The molecule has 7 heteroatoms. The maximum Gasteiger partial charge on any atom is 0.202 e. The summed E-state index contributed by atoms with van der Waals surface area (Å²) in [5.74, 6) is 0.574. The van der Waals surface area contributed by atoms with E-state index < -0.39 is 0 Å². The fourth-order valence-electron chi connectivity index (χ4n) is 2.75. The van der Waals surface area contributed by atoms with Gasteiger partial charge in [0.2, 0.25) is 4.77 Å². The van der Waals surface area contributed by atoms with Crippen LogP contribution in [0.5, 0.6) is 0 Å². The third kappa shape index (κ3) is 4.15. The number of nitrogens with one attached hydrogen (secondary N) is 1. The van der Waals surface area contributed by atoms with Crippen molar-refractivity contribution in [1.82, 2.24) is 14.3 Å². The van der Waals surface area contributed by atoms with Crippen molar-refractivity contribution in [2.24, 2.45) is 7.05 Å². The zero-order valence-corrected chi connectivity index (χ0v) is 15.6. The van der Waals surface area contributed by atoms with Crippen molar-refractivity contribution in [2.45, 2.75) is 13.2 Å². The van der Waals surface area contributed by atoms with Crippen molar-refractivity contribution in [3.05, 3.63) is 69.7 Å². The minimum absolute atomic E-state index is 0.218. The maximum absolute atomic E-state index is 13.3. The van der Waals surface area contributed by atoms with Gasteiger partial charge in [-0.15, -0.1) is 5.10 Å². The minimum Gasteiger partial charge on any atom is -0.315 e. The molecule has 0 radical (unpaired) electrons. The number of quaternary nitrogens is 1. The summed E-state index contributed by atoms with van der Waals surface area (Å²) in [5, 5.41) is 5.33. The Kier molecular flexibility index (Phi) is 5.32. The molecule has 1 N–H and O–H groups in total. The first kappa shape index (κ1) is 17.8.